The molecule has 1 aliphatic heterocycles. The molecule has 1 saturated heterocycles. The van der Waals surface area contributed by atoms with E-state index in [1.807, 2.05) is 6.07 Å². The van der Waals surface area contributed by atoms with Gasteiger partial charge >= 0.3 is 0 Å². The van der Waals surface area contributed by atoms with Gasteiger partial charge < -0.3 is 9.84 Å². The average molecular weight is 232 g/mol. The molecule has 1 aromatic heterocycles. The molecule has 0 spiro atoms. The molecule has 0 radical (unpaired) electrons. The molecule has 1 aromatic rings. The van der Waals surface area contributed by atoms with Crippen LogP contribution < -0.4 is 5.32 Å². The molecule has 0 aliphatic carbocycles. The number of hydrogen-bond donors (Lipinski definition) is 1. The molecule has 15 heavy (non-hydrogen) atoms. The van der Waals surface area contributed by atoms with Crippen LogP contribution in [0.2, 0.25) is 0 Å². The molecule has 2 unspecified atom stereocenters. The van der Waals surface area contributed by atoms with Crippen molar-refractivity contribution in [3.63, 3.8) is 0 Å². The highest BCUT2D eigenvalue weighted by Crippen LogP contribution is 2.08. The Bertz CT molecular complexity index is 268. The van der Waals surface area contributed by atoms with Crippen molar-refractivity contribution in [1.29, 1.82) is 0 Å². The molecule has 2 atom stereocenters. The predicted molar refractivity (Wildman–Crippen MR) is 61.1 cm³/mol. The van der Waals surface area contributed by atoms with Gasteiger partial charge in [-0.05, 0) is 13.8 Å². The maximum Gasteiger partial charge on any atom is 0.124 e. The first-order valence-corrected chi connectivity index (χ1v) is 5.11. The van der Waals surface area contributed by atoms with Gasteiger partial charge in [0.2, 0.25) is 0 Å². The Hall–Kier alpha value is -0.580. The van der Waals surface area contributed by atoms with Crippen LogP contribution in [0.1, 0.15) is 19.5 Å². The Morgan fingerprint density at radius 1 is 1.47 bits per heavy atom. The fraction of sp³-hybridized carbons (Fsp3) is 0.700. The highest BCUT2D eigenvalue weighted by molar-refractivity contribution is 5.85. The van der Waals surface area contributed by atoms with E-state index in [9.17, 15) is 0 Å². The van der Waals surface area contributed by atoms with Crippen molar-refractivity contribution < 1.29 is 4.52 Å². The summed E-state index contributed by atoms with van der Waals surface area (Å²) >= 11 is 0. The lowest BCUT2D eigenvalue weighted by atomic mass is 10.1. The molecular formula is C10H18ClN3O. The minimum Gasteiger partial charge on any atom is -0.364 e. The predicted octanol–water partition coefficient (Wildman–Crippen LogP) is 1.28. The zero-order valence-corrected chi connectivity index (χ0v) is 9.96. The van der Waals surface area contributed by atoms with E-state index in [1.54, 1.807) is 6.26 Å². The fourth-order valence-electron chi connectivity index (χ4n) is 2.12. The maximum atomic E-state index is 4.82. The monoisotopic (exact) mass is 231 g/mol. The van der Waals surface area contributed by atoms with Crippen LogP contribution >= 0.6 is 12.4 Å². The molecular weight excluding hydrogens is 214 g/mol. The second kappa shape index (κ2) is 5.49. The molecule has 5 heteroatoms. The van der Waals surface area contributed by atoms with E-state index in [1.165, 1.54) is 0 Å². The standard InChI is InChI=1S/C10H17N3O.ClH/c1-8-5-13(6-9(2)11-8)7-10-3-4-14-12-10;/h3-4,8-9,11H,5-7H2,1-2H3;1H. The zero-order chi connectivity index (χ0) is 9.97. The van der Waals surface area contributed by atoms with Crippen LogP contribution in [0.25, 0.3) is 0 Å². The number of halogens is 1. The van der Waals surface area contributed by atoms with Gasteiger partial charge in [-0.1, -0.05) is 5.16 Å². The third-order valence-electron chi connectivity index (χ3n) is 2.51. The van der Waals surface area contributed by atoms with Crippen molar-refractivity contribution in [3.05, 3.63) is 18.0 Å². The van der Waals surface area contributed by atoms with Gasteiger partial charge in [-0.25, -0.2) is 0 Å². The Kier molecular flexibility index (Phi) is 4.57. The summed E-state index contributed by atoms with van der Waals surface area (Å²) in [6, 6.07) is 3.05. The summed E-state index contributed by atoms with van der Waals surface area (Å²) < 4.78 is 4.82. The highest BCUT2D eigenvalue weighted by atomic mass is 35.5. The Balaban J connectivity index is 0.00000112. The lowest BCUT2D eigenvalue weighted by Gasteiger charge is -2.35. The Morgan fingerprint density at radius 3 is 2.67 bits per heavy atom. The van der Waals surface area contributed by atoms with E-state index in [0.717, 1.165) is 25.3 Å². The minimum absolute atomic E-state index is 0. The van der Waals surface area contributed by atoms with Crippen molar-refractivity contribution in [1.82, 2.24) is 15.4 Å². The van der Waals surface area contributed by atoms with Crippen LogP contribution in [0.3, 0.4) is 0 Å². The molecule has 0 amide bonds. The number of nitrogens with zero attached hydrogens (tertiary/aromatic N) is 2. The third kappa shape index (κ3) is 3.48. The molecule has 4 nitrogen and oxygen atoms in total. The van der Waals surface area contributed by atoms with E-state index in [2.05, 4.69) is 29.2 Å². The fourth-order valence-corrected chi connectivity index (χ4v) is 2.12. The van der Waals surface area contributed by atoms with Gasteiger partial charge in [-0.15, -0.1) is 12.4 Å². The lowest BCUT2D eigenvalue weighted by Crippen LogP contribution is -2.53. The summed E-state index contributed by atoms with van der Waals surface area (Å²) in [6.07, 6.45) is 1.63. The first kappa shape index (κ1) is 12.5. The van der Waals surface area contributed by atoms with Gasteiger partial charge in [-0.3, -0.25) is 4.90 Å². The SMILES string of the molecule is CC1CN(Cc2ccon2)CC(C)N1.Cl. The number of hydrogen-bond acceptors (Lipinski definition) is 4. The summed E-state index contributed by atoms with van der Waals surface area (Å²) in [4.78, 5) is 2.41. The Labute approximate surface area is 96.4 Å². The van der Waals surface area contributed by atoms with Crippen molar-refractivity contribution in [2.45, 2.75) is 32.5 Å². The van der Waals surface area contributed by atoms with Crippen LogP contribution in [-0.4, -0.2) is 35.2 Å². The van der Waals surface area contributed by atoms with E-state index >= 15 is 0 Å². The molecule has 0 saturated carbocycles. The first-order valence-electron chi connectivity index (χ1n) is 5.11. The van der Waals surface area contributed by atoms with Crippen LogP contribution in [0, 0.1) is 0 Å². The van der Waals surface area contributed by atoms with Gasteiger partial charge in [0.15, 0.2) is 0 Å². The normalized spacial score (nSPS) is 27.3. The maximum absolute atomic E-state index is 4.82. The topological polar surface area (TPSA) is 41.3 Å². The molecule has 1 aliphatic rings. The molecule has 2 heterocycles. The molecule has 1 N–H and O–H groups in total. The number of rotatable bonds is 2. The molecule has 0 aromatic carbocycles. The summed E-state index contributed by atoms with van der Waals surface area (Å²) in [5, 5.41) is 7.43. The second-order valence-corrected chi connectivity index (χ2v) is 4.15. The van der Waals surface area contributed by atoms with E-state index in [4.69, 9.17) is 4.52 Å². The largest absolute Gasteiger partial charge is 0.364 e. The van der Waals surface area contributed by atoms with E-state index in [0.29, 0.717) is 12.1 Å². The Morgan fingerprint density at radius 2 is 2.13 bits per heavy atom. The van der Waals surface area contributed by atoms with Crippen LogP contribution in [0.4, 0.5) is 0 Å². The smallest absolute Gasteiger partial charge is 0.124 e. The van der Waals surface area contributed by atoms with Gasteiger partial charge in [0, 0.05) is 37.8 Å². The third-order valence-corrected chi connectivity index (χ3v) is 2.51. The summed E-state index contributed by atoms with van der Waals surface area (Å²) in [7, 11) is 0. The first-order chi connectivity index (χ1) is 6.74. The molecule has 86 valence electrons. The van der Waals surface area contributed by atoms with Crippen LogP contribution in [-0.2, 0) is 6.54 Å². The minimum atomic E-state index is 0. The average Bonchev–Trinajstić information content (AvgIpc) is 2.54. The molecule has 1 fully saturated rings. The van der Waals surface area contributed by atoms with E-state index < -0.39 is 0 Å². The van der Waals surface area contributed by atoms with Crippen molar-refractivity contribution in [3.8, 4) is 0 Å². The van der Waals surface area contributed by atoms with E-state index in [-0.39, 0.29) is 12.4 Å². The number of piperazine rings is 1. The van der Waals surface area contributed by atoms with Gasteiger partial charge in [0.1, 0.15) is 6.26 Å². The summed E-state index contributed by atoms with van der Waals surface area (Å²) in [5.41, 5.74) is 1.02. The van der Waals surface area contributed by atoms with Gasteiger partial charge in [-0.2, -0.15) is 0 Å². The lowest BCUT2D eigenvalue weighted by molar-refractivity contribution is 0.163. The van der Waals surface area contributed by atoms with Crippen molar-refractivity contribution in [2.24, 2.45) is 0 Å². The van der Waals surface area contributed by atoms with Crippen LogP contribution in [0.15, 0.2) is 16.9 Å². The summed E-state index contributed by atoms with van der Waals surface area (Å²) in [6.45, 7) is 7.48. The quantitative estimate of drug-likeness (QED) is 0.833. The zero-order valence-electron chi connectivity index (χ0n) is 9.14. The van der Waals surface area contributed by atoms with Crippen molar-refractivity contribution in [2.75, 3.05) is 13.1 Å². The second-order valence-electron chi connectivity index (χ2n) is 4.15. The summed E-state index contributed by atoms with van der Waals surface area (Å²) in [5.74, 6) is 0. The van der Waals surface area contributed by atoms with Gasteiger partial charge in [0.25, 0.3) is 0 Å². The van der Waals surface area contributed by atoms with Crippen LogP contribution in [0.5, 0.6) is 0 Å². The number of nitrogens with one attached hydrogen (secondary N) is 1. The van der Waals surface area contributed by atoms with Gasteiger partial charge in [0.05, 0.1) is 5.69 Å². The molecule has 0 bridgehead atoms. The number of aromatic nitrogens is 1. The highest BCUT2D eigenvalue weighted by Gasteiger charge is 2.21. The van der Waals surface area contributed by atoms with Crippen molar-refractivity contribution >= 4 is 12.4 Å². The molecule has 2 rings (SSSR count).